The van der Waals surface area contributed by atoms with Crippen molar-refractivity contribution in [1.82, 2.24) is 0 Å². The molecule has 1 amide bonds. The number of hydrogen-bond acceptors (Lipinski definition) is 3. The summed E-state index contributed by atoms with van der Waals surface area (Å²) in [6, 6.07) is 9.30. The summed E-state index contributed by atoms with van der Waals surface area (Å²) in [7, 11) is 0. The van der Waals surface area contributed by atoms with Crippen LogP contribution in [0.3, 0.4) is 0 Å². The van der Waals surface area contributed by atoms with Gasteiger partial charge in [-0.3, -0.25) is 4.79 Å². The smallest absolute Gasteiger partial charge is 0.256 e. The van der Waals surface area contributed by atoms with Crippen LogP contribution in [-0.4, -0.2) is 12.5 Å². The zero-order valence-electron chi connectivity index (χ0n) is 10.5. The van der Waals surface area contributed by atoms with Gasteiger partial charge in [0.1, 0.15) is 5.75 Å². The van der Waals surface area contributed by atoms with E-state index in [0.717, 1.165) is 20.7 Å². The van der Waals surface area contributed by atoms with E-state index in [0.29, 0.717) is 12.2 Å². The number of halogens is 1. The molecule has 0 atom stereocenters. The first-order valence-electron chi connectivity index (χ1n) is 5.97. The van der Waals surface area contributed by atoms with Crippen LogP contribution in [0.2, 0.25) is 0 Å². The lowest BCUT2D eigenvalue weighted by Gasteiger charge is -2.07. The van der Waals surface area contributed by atoms with Crippen LogP contribution in [0.4, 0.5) is 5.69 Å². The Bertz CT molecular complexity index is 551. The Labute approximate surface area is 130 Å². The molecule has 0 aliphatic rings. The predicted octanol–water partition coefficient (Wildman–Crippen LogP) is 4.39. The van der Waals surface area contributed by atoms with Gasteiger partial charge in [-0.25, -0.2) is 0 Å². The zero-order valence-corrected chi connectivity index (χ0v) is 13.5. The standard InChI is InChI=1S/C14H14INO2S/c1-2-7-18-12-5-3-11(4-6-12)16-14(17)10-8-13(15)19-9-10/h3-6,8-9H,2,7H2,1H3,(H,16,17). The van der Waals surface area contributed by atoms with Crippen LogP contribution >= 0.6 is 33.9 Å². The van der Waals surface area contributed by atoms with Gasteiger partial charge in [0.2, 0.25) is 0 Å². The third kappa shape index (κ3) is 4.21. The van der Waals surface area contributed by atoms with Gasteiger partial charge >= 0.3 is 0 Å². The zero-order chi connectivity index (χ0) is 13.7. The Morgan fingerprint density at radius 2 is 2.11 bits per heavy atom. The highest BCUT2D eigenvalue weighted by Gasteiger charge is 2.08. The maximum atomic E-state index is 11.9. The van der Waals surface area contributed by atoms with E-state index in [4.69, 9.17) is 4.74 Å². The van der Waals surface area contributed by atoms with Crippen molar-refractivity contribution in [2.24, 2.45) is 0 Å². The second-order valence-corrected chi connectivity index (χ2v) is 6.77. The Hall–Kier alpha value is -1.08. The minimum Gasteiger partial charge on any atom is -0.494 e. The number of amides is 1. The van der Waals surface area contributed by atoms with Gasteiger partial charge in [-0.1, -0.05) is 6.92 Å². The first kappa shape index (κ1) is 14.3. The molecule has 0 saturated heterocycles. The molecule has 0 aliphatic carbocycles. The summed E-state index contributed by atoms with van der Waals surface area (Å²) in [6.07, 6.45) is 0.981. The van der Waals surface area contributed by atoms with Crippen molar-refractivity contribution in [2.75, 3.05) is 11.9 Å². The lowest BCUT2D eigenvalue weighted by atomic mass is 10.2. The van der Waals surface area contributed by atoms with E-state index in [2.05, 4.69) is 34.8 Å². The molecule has 0 radical (unpaired) electrons. The lowest BCUT2D eigenvalue weighted by Crippen LogP contribution is -2.10. The van der Waals surface area contributed by atoms with Crippen molar-refractivity contribution in [3.05, 3.63) is 44.2 Å². The molecule has 0 bridgehead atoms. The number of carbonyl (C=O) groups excluding carboxylic acids is 1. The van der Waals surface area contributed by atoms with Gasteiger partial charge in [0.15, 0.2) is 0 Å². The fraction of sp³-hybridized carbons (Fsp3) is 0.214. The minimum atomic E-state index is -0.0820. The maximum Gasteiger partial charge on any atom is 0.256 e. The summed E-state index contributed by atoms with van der Waals surface area (Å²) in [6.45, 7) is 2.77. The molecule has 0 fully saturated rings. The molecule has 2 aromatic rings. The normalized spacial score (nSPS) is 10.2. The highest BCUT2D eigenvalue weighted by Crippen LogP contribution is 2.19. The average Bonchev–Trinajstić information content (AvgIpc) is 2.85. The maximum absolute atomic E-state index is 11.9. The van der Waals surface area contributed by atoms with Crippen LogP contribution < -0.4 is 10.1 Å². The molecule has 100 valence electrons. The third-order valence-electron chi connectivity index (χ3n) is 2.41. The van der Waals surface area contributed by atoms with Crippen molar-refractivity contribution in [3.8, 4) is 5.75 Å². The SMILES string of the molecule is CCCOc1ccc(NC(=O)c2csc(I)c2)cc1. The number of anilines is 1. The summed E-state index contributed by atoms with van der Waals surface area (Å²) in [5, 5.41) is 4.72. The van der Waals surface area contributed by atoms with Gasteiger partial charge in [-0.2, -0.15) is 0 Å². The fourth-order valence-electron chi connectivity index (χ4n) is 1.49. The quantitative estimate of drug-likeness (QED) is 0.773. The summed E-state index contributed by atoms with van der Waals surface area (Å²) >= 11 is 3.76. The first-order chi connectivity index (χ1) is 9.19. The van der Waals surface area contributed by atoms with Crippen molar-refractivity contribution < 1.29 is 9.53 Å². The predicted molar refractivity (Wildman–Crippen MR) is 87.2 cm³/mol. The molecular weight excluding hydrogens is 373 g/mol. The molecule has 3 nitrogen and oxygen atoms in total. The molecule has 0 spiro atoms. The number of hydrogen-bond donors (Lipinski definition) is 1. The van der Waals surface area contributed by atoms with E-state index in [1.54, 1.807) is 11.3 Å². The number of benzene rings is 1. The molecule has 2 rings (SSSR count). The Morgan fingerprint density at radius 1 is 1.37 bits per heavy atom. The Balaban J connectivity index is 1.97. The van der Waals surface area contributed by atoms with Crippen LogP contribution in [0.15, 0.2) is 35.7 Å². The van der Waals surface area contributed by atoms with Crippen molar-refractivity contribution in [1.29, 1.82) is 0 Å². The van der Waals surface area contributed by atoms with Crippen LogP contribution in [-0.2, 0) is 0 Å². The van der Waals surface area contributed by atoms with Crippen molar-refractivity contribution in [2.45, 2.75) is 13.3 Å². The van der Waals surface area contributed by atoms with Crippen LogP contribution in [0.1, 0.15) is 23.7 Å². The molecule has 0 unspecified atom stereocenters. The summed E-state index contributed by atoms with van der Waals surface area (Å²) in [5.41, 5.74) is 1.47. The number of thiophene rings is 1. The topological polar surface area (TPSA) is 38.3 Å². The summed E-state index contributed by atoms with van der Waals surface area (Å²) in [4.78, 5) is 11.9. The van der Waals surface area contributed by atoms with E-state index in [1.807, 2.05) is 35.7 Å². The summed E-state index contributed by atoms with van der Waals surface area (Å²) < 4.78 is 6.59. The Morgan fingerprint density at radius 3 is 2.68 bits per heavy atom. The first-order valence-corrected chi connectivity index (χ1v) is 7.93. The van der Waals surface area contributed by atoms with Gasteiger partial charge < -0.3 is 10.1 Å². The third-order valence-corrected chi connectivity index (χ3v) is 4.20. The fourth-order valence-corrected chi connectivity index (χ4v) is 2.81. The van der Waals surface area contributed by atoms with Gasteiger partial charge in [0.05, 0.1) is 15.1 Å². The minimum absolute atomic E-state index is 0.0820. The number of nitrogens with one attached hydrogen (secondary N) is 1. The molecule has 1 heterocycles. The van der Waals surface area contributed by atoms with E-state index < -0.39 is 0 Å². The molecule has 19 heavy (non-hydrogen) atoms. The number of rotatable bonds is 5. The molecule has 0 saturated carbocycles. The molecule has 1 aromatic carbocycles. The average molecular weight is 387 g/mol. The van der Waals surface area contributed by atoms with Crippen molar-refractivity contribution >= 4 is 45.5 Å². The highest BCUT2D eigenvalue weighted by molar-refractivity contribution is 14.1. The van der Waals surface area contributed by atoms with E-state index in [-0.39, 0.29) is 5.91 Å². The molecule has 1 aromatic heterocycles. The van der Waals surface area contributed by atoms with Crippen LogP contribution in [0.5, 0.6) is 5.75 Å². The molecule has 1 N–H and O–H groups in total. The number of ether oxygens (including phenoxy) is 1. The van der Waals surface area contributed by atoms with Gasteiger partial charge in [0.25, 0.3) is 5.91 Å². The van der Waals surface area contributed by atoms with Crippen LogP contribution in [0.25, 0.3) is 0 Å². The van der Waals surface area contributed by atoms with Crippen LogP contribution in [0, 0.1) is 2.88 Å². The number of carbonyl (C=O) groups is 1. The lowest BCUT2D eigenvalue weighted by molar-refractivity contribution is 0.102. The second kappa shape index (κ2) is 6.91. The molecule has 5 heteroatoms. The van der Waals surface area contributed by atoms with E-state index in [9.17, 15) is 4.79 Å². The molecular formula is C14H14INO2S. The Kier molecular flexibility index (Phi) is 5.21. The van der Waals surface area contributed by atoms with E-state index in [1.165, 1.54) is 0 Å². The van der Waals surface area contributed by atoms with E-state index >= 15 is 0 Å². The van der Waals surface area contributed by atoms with Gasteiger partial charge in [-0.15, -0.1) is 11.3 Å². The van der Waals surface area contributed by atoms with Gasteiger partial charge in [0, 0.05) is 11.1 Å². The van der Waals surface area contributed by atoms with Crippen molar-refractivity contribution in [3.63, 3.8) is 0 Å². The monoisotopic (exact) mass is 387 g/mol. The molecule has 0 aliphatic heterocycles. The van der Waals surface area contributed by atoms with Gasteiger partial charge in [-0.05, 0) is 59.3 Å². The summed E-state index contributed by atoms with van der Waals surface area (Å²) in [5.74, 6) is 0.742. The highest BCUT2D eigenvalue weighted by atomic mass is 127. The second-order valence-electron chi connectivity index (χ2n) is 3.97. The largest absolute Gasteiger partial charge is 0.494 e.